The van der Waals surface area contributed by atoms with Crippen molar-refractivity contribution in [3.63, 3.8) is 0 Å². The lowest BCUT2D eigenvalue weighted by molar-refractivity contribution is 0.623. The van der Waals surface area contributed by atoms with E-state index in [1.165, 1.54) is 0 Å². The quantitative estimate of drug-likeness (QED) is 0.677. The summed E-state index contributed by atoms with van der Waals surface area (Å²) in [5, 5.41) is 0. The topological polar surface area (TPSA) is 0 Å². The third-order valence-electron chi connectivity index (χ3n) is 2.26. The van der Waals surface area contributed by atoms with Crippen molar-refractivity contribution in [2.75, 3.05) is 0 Å². The van der Waals surface area contributed by atoms with Gasteiger partial charge in [-0.1, -0.05) is 32.4 Å². The van der Waals surface area contributed by atoms with E-state index in [0.29, 0.717) is 0 Å². The fourth-order valence-corrected chi connectivity index (χ4v) is 1.43. The molecule has 0 N–H and O–H groups in total. The molecular formula is C13H16F. The van der Waals surface area contributed by atoms with E-state index in [1.54, 1.807) is 18.2 Å². The second kappa shape index (κ2) is 4.94. The summed E-state index contributed by atoms with van der Waals surface area (Å²) in [6.07, 6.45) is 3.72. The highest BCUT2D eigenvalue weighted by atomic mass is 19.1. The molecule has 0 aliphatic heterocycles. The standard InChI is InChI=1S/C13H16F/c1-4-6-11-7-12(10(3)5-2)9-13(14)8-11/h5,7-9H,2,4,6H2,1,3H3. The molecule has 1 aromatic carbocycles. The number of aryl methyl sites for hydroxylation is 1. The van der Waals surface area contributed by atoms with Gasteiger partial charge in [0, 0.05) is 5.92 Å². The van der Waals surface area contributed by atoms with Crippen LogP contribution in [0.2, 0.25) is 0 Å². The van der Waals surface area contributed by atoms with Crippen LogP contribution in [0.5, 0.6) is 0 Å². The highest BCUT2D eigenvalue weighted by Crippen LogP contribution is 2.19. The molecule has 0 atom stereocenters. The maximum Gasteiger partial charge on any atom is 0.123 e. The van der Waals surface area contributed by atoms with Crippen molar-refractivity contribution in [2.45, 2.75) is 26.7 Å². The molecule has 0 unspecified atom stereocenters. The van der Waals surface area contributed by atoms with E-state index in [9.17, 15) is 4.39 Å². The van der Waals surface area contributed by atoms with E-state index in [0.717, 1.165) is 29.9 Å². The van der Waals surface area contributed by atoms with Gasteiger partial charge in [0.1, 0.15) is 5.82 Å². The first-order chi connectivity index (χ1) is 6.67. The van der Waals surface area contributed by atoms with Crippen LogP contribution in [-0.4, -0.2) is 0 Å². The van der Waals surface area contributed by atoms with Crippen LogP contribution in [0, 0.1) is 11.7 Å². The zero-order valence-electron chi connectivity index (χ0n) is 8.81. The summed E-state index contributed by atoms with van der Waals surface area (Å²) in [6.45, 7) is 7.72. The first-order valence-electron chi connectivity index (χ1n) is 4.93. The second-order valence-corrected chi connectivity index (χ2v) is 3.49. The number of hydrogen-bond acceptors (Lipinski definition) is 0. The maximum absolute atomic E-state index is 13.2. The van der Waals surface area contributed by atoms with E-state index in [1.807, 2.05) is 13.0 Å². The molecule has 0 aliphatic carbocycles. The van der Waals surface area contributed by atoms with Crippen LogP contribution in [0.25, 0.3) is 0 Å². The molecule has 0 fully saturated rings. The van der Waals surface area contributed by atoms with Gasteiger partial charge in [0.15, 0.2) is 0 Å². The van der Waals surface area contributed by atoms with Gasteiger partial charge in [-0.3, -0.25) is 0 Å². The van der Waals surface area contributed by atoms with E-state index >= 15 is 0 Å². The van der Waals surface area contributed by atoms with Gasteiger partial charge < -0.3 is 0 Å². The summed E-state index contributed by atoms with van der Waals surface area (Å²) in [5.74, 6) is 0.856. The average molecular weight is 191 g/mol. The molecular weight excluding hydrogens is 175 g/mol. The minimum Gasteiger partial charge on any atom is -0.207 e. The predicted octanol–water partition coefficient (Wildman–Crippen LogP) is 3.91. The molecule has 1 rings (SSSR count). The van der Waals surface area contributed by atoms with Crippen LogP contribution >= 0.6 is 0 Å². The van der Waals surface area contributed by atoms with Crippen LogP contribution < -0.4 is 0 Å². The van der Waals surface area contributed by atoms with Crippen molar-refractivity contribution in [3.05, 3.63) is 53.7 Å². The van der Waals surface area contributed by atoms with Gasteiger partial charge in [0.2, 0.25) is 0 Å². The summed E-state index contributed by atoms with van der Waals surface area (Å²) in [4.78, 5) is 0. The van der Waals surface area contributed by atoms with Crippen LogP contribution in [-0.2, 0) is 6.42 Å². The molecule has 0 amide bonds. The number of allylic oxidation sites excluding steroid dienone is 1. The van der Waals surface area contributed by atoms with E-state index in [-0.39, 0.29) is 5.82 Å². The highest BCUT2D eigenvalue weighted by Gasteiger charge is 2.05. The largest absolute Gasteiger partial charge is 0.207 e. The Kier molecular flexibility index (Phi) is 3.87. The lowest BCUT2D eigenvalue weighted by Crippen LogP contribution is -1.94. The zero-order valence-corrected chi connectivity index (χ0v) is 8.81. The minimum absolute atomic E-state index is 0.160. The molecule has 1 radical (unpaired) electrons. The summed E-state index contributed by atoms with van der Waals surface area (Å²) < 4.78 is 13.2. The Morgan fingerprint density at radius 1 is 1.43 bits per heavy atom. The SMILES string of the molecule is C=C[C](C)c1cc(F)cc(CCC)c1. The Morgan fingerprint density at radius 3 is 2.71 bits per heavy atom. The third kappa shape index (κ3) is 2.69. The van der Waals surface area contributed by atoms with Crippen LogP contribution in [0.3, 0.4) is 0 Å². The number of rotatable bonds is 4. The van der Waals surface area contributed by atoms with Gasteiger partial charge in [-0.2, -0.15) is 0 Å². The summed E-state index contributed by atoms with van der Waals surface area (Å²) >= 11 is 0. The Bertz CT molecular complexity index is 315. The van der Waals surface area contributed by atoms with Crippen molar-refractivity contribution in [1.82, 2.24) is 0 Å². The molecule has 75 valence electrons. The predicted molar refractivity (Wildman–Crippen MR) is 58.6 cm³/mol. The Morgan fingerprint density at radius 2 is 2.14 bits per heavy atom. The van der Waals surface area contributed by atoms with Crippen molar-refractivity contribution in [1.29, 1.82) is 0 Å². The number of hydrogen-bond donors (Lipinski definition) is 0. The summed E-state index contributed by atoms with van der Waals surface area (Å²) in [5.41, 5.74) is 1.99. The van der Waals surface area contributed by atoms with Gasteiger partial charge in [-0.05, 0) is 29.7 Å². The van der Waals surface area contributed by atoms with Gasteiger partial charge in [-0.15, -0.1) is 6.58 Å². The van der Waals surface area contributed by atoms with Gasteiger partial charge in [0.25, 0.3) is 0 Å². The van der Waals surface area contributed by atoms with Crippen LogP contribution in [0.4, 0.5) is 4.39 Å². The smallest absolute Gasteiger partial charge is 0.123 e. The van der Waals surface area contributed by atoms with Gasteiger partial charge in [0.05, 0.1) is 0 Å². The third-order valence-corrected chi connectivity index (χ3v) is 2.26. The molecule has 1 heteroatoms. The minimum atomic E-state index is -0.160. The number of benzene rings is 1. The normalized spacial score (nSPS) is 10.6. The molecule has 0 spiro atoms. The van der Waals surface area contributed by atoms with E-state index in [2.05, 4.69) is 13.5 Å². The summed E-state index contributed by atoms with van der Waals surface area (Å²) in [7, 11) is 0. The summed E-state index contributed by atoms with van der Waals surface area (Å²) in [6, 6.07) is 5.18. The Balaban J connectivity index is 3.00. The Hall–Kier alpha value is -1.11. The van der Waals surface area contributed by atoms with E-state index < -0.39 is 0 Å². The van der Waals surface area contributed by atoms with Crippen LogP contribution in [0.1, 0.15) is 31.4 Å². The molecule has 0 heterocycles. The molecule has 0 nitrogen and oxygen atoms in total. The van der Waals surface area contributed by atoms with Crippen molar-refractivity contribution < 1.29 is 4.39 Å². The molecule has 0 saturated heterocycles. The average Bonchev–Trinajstić information content (AvgIpc) is 2.16. The Labute approximate surface area is 85.5 Å². The van der Waals surface area contributed by atoms with Crippen molar-refractivity contribution in [3.8, 4) is 0 Å². The molecule has 0 bridgehead atoms. The second-order valence-electron chi connectivity index (χ2n) is 3.49. The zero-order chi connectivity index (χ0) is 10.6. The van der Waals surface area contributed by atoms with Crippen LogP contribution in [0.15, 0.2) is 30.9 Å². The first kappa shape index (κ1) is 11.0. The molecule has 14 heavy (non-hydrogen) atoms. The van der Waals surface area contributed by atoms with Crippen molar-refractivity contribution >= 4 is 0 Å². The highest BCUT2D eigenvalue weighted by molar-refractivity contribution is 5.38. The fraction of sp³-hybridized carbons (Fsp3) is 0.308. The monoisotopic (exact) mass is 191 g/mol. The lowest BCUT2D eigenvalue weighted by Gasteiger charge is -2.08. The van der Waals surface area contributed by atoms with Gasteiger partial charge in [-0.25, -0.2) is 4.39 Å². The molecule has 1 aromatic rings. The molecule has 0 saturated carbocycles. The molecule has 0 aliphatic rings. The lowest BCUT2D eigenvalue weighted by atomic mass is 9.97. The van der Waals surface area contributed by atoms with Crippen molar-refractivity contribution in [2.24, 2.45) is 0 Å². The first-order valence-corrected chi connectivity index (χ1v) is 4.93. The van der Waals surface area contributed by atoms with Gasteiger partial charge >= 0.3 is 0 Å². The molecule has 0 aromatic heterocycles. The number of halogens is 1. The maximum atomic E-state index is 13.2. The fourth-order valence-electron chi connectivity index (χ4n) is 1.43. The van der Waals surface area contributed by atoms with E-state index in [4.69, 9.17) is 0 Å².